The van der Waals surface area contributed by atoms with Crippen LogP contribution in [0.15, 0.2) is 18.5 Å². The minimum Gasteiger partial charge on any atom is -0.465 e. The molecule has 0 aliphatic rings. The van der Waals surface area contributed by atoms with Gasteiger partial charge >= 0.3 is 5.97 Å². The van der Waals surface area contributed by atoms with Gasteiger partial charge in [0.2, 0.25) is 0 Å². The average molecular weight is 308 g/mol. The minimum atomic E-state index is -0.481. The number of amides is 1. The van der Waals surface area contributed by atoms with Gasteiger partial charge in [-0.2, -0.15) is 5.10 Å². The minimum absolute atomic E-state index is 0.197. The van der Waals surface area contributed by atoms with E-state index in [1.165, 1.54) is 13.3 Å². The predicted molar refractivity (Wildman–Crippen MR) is 78.6 cm³/mol. The fraction of sp³-hybridized carbons (Fsp3) is 0.385. The molecule has 0 bridgehead atoms. The smallest absolute Gasteiger partial charge is 0.349 e. The lowest BCUT2D eigenvalue weighted by Gasteiger charge is -2.18. The maximum Gasteiger partial charge on any atom is 0.349 e. The van der Waals surface area contributed by atoms with Gasteiger partial charge in [-0.05, 0) is 26.8 Å². The lowest BCUT2D eigenvalue weighted by molar-refractivity contribution is 0.0606. The van der Waals surface area contributed by atoms with E-state index in [1.54, 1.807) is 16.9 Å². The van der Waals surface area contributed by atoms with Crippen molar-refractivity contribution in [3.63, 3.8) is 0 Å². The van der Waals surface area contributed by atoms with E-state index in [-0.39, 0.29) is 11.4 Å². The molecule has 2 aromatic rings. The summed E-state index contributed by atoms with van der Waals surface area (Å²) in [5.41, 5.74) is 0.0948. The lowest BCUT2D eigenvalue weighted by Crippen LogP contribution is -2.23. The first kappa shape index (κ1) is 15.2. The third-order valence-electron chi connectivity index (χ3n) is 2.62. The summed E-state index contributed by atoms with van der Waals surface area (Å²) in [4.78, 5) is 27.7. The molecule has 2 rings (SSSR count). The molecule has 0 aliphatic heterocycles. The van der Waals surface area contributed by atoms with Crippen LogP contribution >= 0.6 is 11.3 Å². The summed E-state index contributed by atoms with van der Waals surface area (Å²) < 4.78 is 6.30. The van der Waals surface area contributed by atoms with Crippen LogP contribution in [0.5, 0.6) is 0 Å². The zero-order valence-corrected chi connectivity index (χ0v) is 13.0. The van der Waals surface area contributed by atoms with E-state index in [2.05, 4.69) is 20.1 Å². The summed E-state index contributed by atoms with van der Waals surface area (Å²) in [5, 5.41) is 7.16. The van der Waals surface area contributed by atoms with Gasteiger partial charge in [-0.25, -0.2) is 9.78 Å². The maximum atomic E-state index is 12.1. The number of rotatable bonds is 3. The van der Waals surface area contributed by atoms with E-state index in [0.717, 1.165) is 11.3 Å². The molecule has 0 saturated heterocycles. The van der Waals surface area contributed by atoms with Gasteiger partial charge in [0, 0.05) is 6.20 Å². The number of carbonyl (C=O) groups excluding carboxylic acids is 2. The van der Waals surface area contributed by atoms with Gasteiger partial charge in [-0.1, -0.05) is 11.3 Å². The van der Waals surface area contributed by atoms with Gasteiger partial charge in [-0.3, -0.25) is 14.8 Å². The van der Waals surface area contributed by atoms with Crippen LogP contribution in [0, 0.1) is 0 Å². The van der Waals surface area contributed by atoms with Crippen LogP contribution in [-0.4, -0.2) is 33.8 Å². The van der Waals surface area contributed by atoms with Crippen LogP contribution < -0.4 is 5.32 Å². The lowest BCUT2D eigenvalue weighted by atomic mass is 10.1. The van der Waals surface area contributed by atoms with Crippen molar-refractivity contribution in [1.29, 1.82) is 0 Å². The van der Waals surface area contributed by atoms with Crippen LogP contribution in [-0.2, 0) is 10.3 Å². The summed E-state index contributed by atoms with van der Waals surface area (Å²) in [5.74, 6) is -0.853. The van der Waals surface area contributed by atoms with Crippen LogP contribution in [0.25, 0.3) is 0 Å². The Morgan fingerprint density at radius 3 is 2.67 bits per heavy atom. The molecular formula is C13H16N4O3S. The Kier molecular flexibility index (Phi) is 4.08. The topological polar surface area (TPSA) is 86.1 Å². The van der Waals surface area contributed by atoms with Crippen LogP contribution in [0.4, 0.5) is 5.13 Å². The number of thiazole rings is 1. The summed E-state index contributed by atoms with van der Waals surface area (Å²) in [6.45, 7) is 5.97. The Bertz CT molecular complexity index is 669. The predicted octanol–water partition coefficient (Wildman–Crippen LogP) is 2.13. The maximum absolute atomic E-state index is 12.1. The van der Waals surface area contributed by atoms with Gasteiger partial charge < -0.3 is 4.74 Å². The van der Waals surface area contributed by atoms with E-state index in [9.17, 15) is 9.59 Å². The second-order valence-electron chi connectivity index (χ2n) is 5.29. The molecular weight excluding hydrogens is 292 g/mol. The number of methoxy groups -OCH3 is 1. The molecule has 0 aromatic carbocycles. The highest BCUT2D eigenvalue weighted by molar-refractivity contribution is 7.17. The fourth-order valence-corrected chi connectivity index (χ4v) is 2.24. The Morgan fingerprint density at radius 2 is 2.10 bits per heavy atom. The number of esters is 1. The molecule has 112 valence electrons. The first-order valence-electron chi connectivity index (χ1n) is 6.23. The summed E-state index contributed by atoms with van der Waals surface area (Å²) in [6.07, 6.45) is 3.11. The highest BCUT2D eigenvalue weighted by Gasteiger charge is 2.18. The van der Waals surface area contributed by atoms with Gasteiger partial charge in [0.1, 0.15) is 4.88 Å². The molecule has 0 spiro atoms. The number of nitrogens with zero attached hydrogens (tertiary/aromatic N) is 3. The Balaban J connectivity index is 2.09. The van der Waals surface area contributed by atoms with Crippen LogP contribution in [0.1, 0.15) is 40.9 Å². The number of hydrogen-bond donors (Lipinski definition) is 1. The van der Waals surface area contributed by atoms with E-state index < -0.39 is 5.97 Å². The van der Waals surface area contributed by atoms with Crippen molar-refractivity contribution in [2.45, 2.75) is 26.3 Å². The normalized spacial score (nSPS) is 11.2. The van der Waals surface area contributed by atoms with Gasteiger partial charge in [0.25, 0.3) is 5.91 Å². The quantitative estimate of drug-likeness (QED) is 0.878. The summed E-state index contributed by atoms with van der Waals surface area (Å²) >= 11 is 1.05. The number of nitrogens with one attached hydrogen (secondary N) is 1. The zero-order chi connectivity index (χ0) is 15.6. The third-order valence-corrected chi connectivity index (χ3v) is 3.51. The van der Waals surface area contributed by atoms with Crippen molar-refractivity contribution in [2.75, 3.05) is 12.4 Å². The molecule has 8 heteroatoms. The average Bonchev–Trinajstić information content (AvgIpc) is 3.05. The Labute approximate surface area is 125 Å². The van der Waals surface area contributed by atoms with Gasteiger partial charge in [0.05, 0.1) is 18.8 Å². The molecule has 2 heterocycles. The summed E-state index contributed by atoms with van der Waals surface area (Å²) in [7, 11) is 1.29. The molecule has 0 fully saturated rings. The Hall–Kier alpha value is -2.22. The molecule has 0 radical (unpaired) electrons. The second-order valence-corrected chi connectivity index (χ2v) is 6.32. The van der Waals surface area contributed by atoms with Crippen molar-refractivity contribution in [3.05, 3.63) is 29.0 Å². The van der Waals surface area contributed by atoms with E-state index in [0.29, 0.717) is 15.7 Å². The largest absolute Gasteiger partial charge is 0.465 e. The molecule has 1 N–H and O–H groups in total. The highest BCUT2D eigenvalue weighted by atomic mass is 32.1. The van der Waals surface area contributed by atoms with Crippen molar-refractivity contribution >= 4 is 28.3 Å². The van der Waals surface area contributed by atoms with Crippen LogP contribution in [0.2, 0.25) is 0 Å². The molecule has 0 atom stereocenters. The van der Waals surface area contributed by atoms with E-state index >= 15 is 0 Å². The second kappa shape index (κ2) is 5.65. The molecule has 7 nitrogen and oxygen atoms in total. The SMILES string of the molecule is COC(=O)c1cnc(NC(=O)c2ccn(C(C)(C)C)n2)s1. The molecule has 0 saturated carbocycles. The Morgan fingerprint density at radius 1 is 1.38 bits per heavy atom. The number of aromatic nitrogens is 3. The van der Waals surface area contributed by atoms with Crippen molar-refractivity contribution < 1.29 is 14.3 Å². The standard InChI is InChI=1S/C13H16N4O3S/c1-13(2,3)17-6-5-8(16-17)10(18)15-12-14-7-9(21-12)11(19)20-4/h5-7H,1-4H3,(H,14,15,18). The van der Waals surface area contributed by atoms with Gasteiger partial charge in [0.15, 0.2) is 10.8 Å². The number of carbonyl (C=O) groups is 2. The third kappa shape index (κ3) is 3.46. The molecule has 1 amide bonds. The number of anilines is 1. The number of ether oxygens (including phenoxy) is 1. The first-order valence-corrected chi connectivity index (χ1v) is 7.04. The van der Waals surface area contributed by atoms with Gasteiger partial charge in [-0.15, -0.1) is 0 Å². The van der Waals surface area contributed by atoms with Crippen LogP contribution in [0.3, 0.4) is 0 Å². The number of hydrogen-bond acceptors (Lipinski definition) is 6. The first-order chi connectivity index (χ1) is 9.81. The monoisotopic (exact) mass is 308 g/mol. The fourth-order valence-electron chi connectivity index (χ4n) is 1.51. The van der Waals surface area contributed by atoms with E-state index in [4.69, 9.17) is 0 Å². The summed E-state index contributed by atoms with van der Waals surface area (Å²) in [6, 6.07) is 1.63. The van der Waals surface area contributed by atoms with Crippen molar-refractivity contribution in [3.8, 4) is 0 Å². The van der Waals surface area contributed by atoms with Crippen molar-refractivity contribution in [2.24, 2.45) is 0 Å². The highest BCUT2D eigenvalue weighted by Crippen LogP contribution is 2.19. The van der Waals surface area contributed by atoms with Crippen molar-refractivity contribution in [1.82, 2.24) is 14.8 Å². The molecule has 0 aliphatic carbocycles. The zero-order valence-electron chi connectivity index (χ0n) is 12.2. The molecule has 0 unspecified atom stereocenters. The molecule has 21 heavy (non-hydrogen) atoms. The van der Waals surface area contributed by atoms with E-state index in [1.807, 2.05) is 20.8 Å². The molecule has 2 aromatic heterocycles.